The lowest BCUT2D eigenvalue weighted by atomic mass is 10.1. The number of benzene rings is 4. The fourth-order valence-electron chi connectivity index (χ4n) is 3.17. The summed E-state index contributed by atoms with van der Waals surface area (Å²) in [5.41, 5.74) is 3.64. The number of hydrazone groups is 1. The average molecular weight is 517 g/mol. The van der Waals surface area contributed by atoms with Gasteiger partial charge in [0.2, 0.25) is 0 Å². The van der Waals surface area contributed by atoms with E-state index in [0.29, 0.717) is 21.5 Å². The molecule has 0 spiro atoms. The van der Waals surface area contributed by atoms with E-state index in [1.54, 1.807) is 49.4 Å². The summed E-state index contributed by atoms with van der Waals surface area (Å²) in [4.78, 5) is 24.6. The van der Waals surface area contributed by atoms with E-state index in [4.69, 9.17) is 9.47 Å². The summed E-state index contributed by atoms with van der Waals surface area (Å²) in [5, 5.41) is 6.13. The summed E-state index contributed by atoms with van der Waals surface area (Å²) in [7, 11) is 0. The fraction of sp³-hybridized carbons (Fsp3) is 0.0741. The van der Waals surface area contributed by atoms with Crippen molar-refractivity contribution < 1.29 is 19.1 Å². The summed E-state index contributed by atoms with van der Waals surface area (Å²) in [6, 6.07) is 27.4. The van der Waals surface area contributed by atoms with Crippen molar-refractivity contribution in [2.24, 2.45) is 5.10 Å². The average Bonchev–Trinajstić information content (AvgIpc) is 2.85. The van der Waals surface area contributed by atoms with Gasteiger partial charge in [-0.3, -0.25) is 4.79 Å². The van der Waals surface area contributed by atoms with Gasteiger partial charge < -0.3 is 9.47 Å². The molecule has 0 aliphatic carbocycles. The van der Waals surface area contributed by atoms with E-state index in [1.165, 1.54) is 6.21 Å². The van der Waals surface area contributed by atoms with Gasteiger partial charge in [0.05, 0.1) is 11.8 Å². The van der Waals surface area contributed by atoms with Crippen LogP contribution in [0.15, 0.2) is 101 Å². The van der Waals surface area contributed by atoms with Crippen LogP contribution < -0.4 is 14.9 Å². The maximum atomic E-state index is 12.3. The maximum absolute atomic E-state index is 12.3. The molecule has 0 heterocycles. The zero-order valence-electron chi connectivity index (χ0n) is 18.3. The van der Waals surface area contributed by atoms with Crippen molar-refractivity contribution in [2.45, 2.75) is 13.0 Å². The Bertz CT molecular complexity index is 1350. The summed E-state index contributed by atoms with van der Waals surface area (Å²) in [6.07, 6.45) is 0.775. The van der Waals surface area contributed by atoms with Crippen molar-refractivity contribution >= 4 is 44.8 Å². The standard InChI is InChI=1S/C27H21BrN2O4/c1-18(33-23-15-12-20-6-2-3-7-21(20)16-23)26(31)30-29-17-19-10-13-22(14-11-19)34-27(32)24-8-4-5-9-25(24)28/h2-18H,1H3,(H,30,31)/b29-17+. The molecule has 0 fully saturated rings. The highest BCUT2D eigenvalue weighted by molar-refractivity contribution is 9.10. The van der Waals surface area contributed by atoms with Crippen molar-refractivity contribution in [2.75, 3.05) is 0 Å². The molecule has 34 heavy (non-hydrogen) atoms. The Labute approximate surface area is 205 Å². The molecule has 0 aliphatic rings. The van der Waals surface area contributed by atoms with Crippen LogP contribution >= 0.6 is 15.9 Å². The van der Waals surface area contributed by atoms with Gasteiger partial charge in [-0.25, -0.2) is 10.2 Å². The first-order valence-electron chi connectivity index (χ1n) is 10.5. The zero-order valence-corrected chi connectivity index (χ0v) is 19.9. The Morgan fingerprint density at radius 1 is 0.882 bits per heavy atom. The highest BCUT2D eigenvalue weighted by Gasteiger charge is 2.14. The number of fused-ring (bicyclic) bond motifs is 1. The van der Waals surface area contributed by atoms with Crippen LogP contribution in [0.2, 0.25) is 0 Å². The molecule has 0 bridgehead atoms. The molecule has 4 aromatic carbocycles. The van der Waals surface area contributed by atoms with E-state index in [-0.39, 0.29) is 5.91 Å². The van der Waals surface area contributed by atoms with Gasteiger partial charge in [-0.2, -0.15) is 5.10 Å². The van der Waals surface area contributed by atoms with Gasteiger partial charge in [-0.15, -0.1) is 0 Å². The largest absolute Gasteiger partial charge is 0.481 e. The predicted octanol–water partition coefficient (Wildman–Crippen LogP) is 5.74. The van der Waals surface area contributed by atoms with Gasteiger partial charge in [-0.1, -0.05) is 42.5 Å². The van der Waals surface area contributed by atoms with E-state index in [9.17, 15) is 9.59 Å². The number of carbonyl (C=O) groups is 2. The number of rotatable bonds is 7. The van der Waals surface area contributed by atoms with Crippen LogP contribution in [-0.4, -0.2) is 24.2 Å². The number of hydrogen-bond donors (Lipinski definition) is 1. The SMILES string of the molecule is CC(Oc1ccc2ccccc2c1)C(=O)N/N=C/c1ccc(OC(=O)c2ccccc2Br)cc1. The normalized spacial score (nSPS) is 11.8. The molecular formula is C27H21BrN2O4. The second kappa shape index (κ2) is 10.8. The minimum atomic E-state index is -0.725. The fourth-order valence-corrected chi connectivity index (χ4v) is 3.62. The van der Waals surface area contributed by atoms with Crippen LogP contribution in [0.3, 0.4) is 0 Å². The number of halogens is 1. The Kier molecular flexibility index (Phi) is 7.34. The van der Waals surface area contributed by atoms with Crippen molar-refractivity contribution in [1.82, 2.24) is 5.43 Å². The number of carbonyl (C=O) groups excluding carboxylic acids is 2. The first-order chi connectivity index (χ1) is 16.5. The molecular weight excluding hydrogens is 496 g/mol. The second-order valence-electron chi connectivity index (χ2n) is 7.44. The van der Waals surface area contributed by atoms with E-state index in [1.807, 2.05) is 48.5 Å². The molecule has 0 aliphatic heterocycles. The molecule has 0 saturated heterocycles. The third kappa shape index (κ3) is 5.88. The third-order valence-electron chi connectivity index (χ3n) is 4.98. The number of nitrogens with zero attached hydrogens (tertiary/aromatic N) is 1. The molecule has 0 saturated carbocycles. The molecule has 1 unspecified atom stereocenters. The van der Waals surface area contributed by atoms with Crippen LogP contribution in [0.5, 0.6) is 11.5 Å². The second-order valence-corrected chi connectivity index (χ2v) is 8.30. The van der Waals surface area contributed by atoms with Crippen LogP contribution in [0.4, 0.5) is 0 Å². The van der Waals surface area contributed by atoms with Crippen molar-refractivity contribution in [3.63, 3.8) is 0 Å². The Balaban J connectivity index is 1.29. The van der Waals surface area contributed by atoms with E-state index >= 15 is 0 Å². The molecule has 1 amide bonds. The van der Waals surface area contributed by atoms with Gasteiger partial charge in [0.15, 0.2) is 6.10 Å². The number of esters is 1. The number of hydrogen-bond acceptors (Lipinski definition) is 5. The molecule has 7 heteroatoms. The minimum absolute atomic E-state index is 0.372. The predicted molar refractivity (Wildman–Crippen MR) is 135 cm³/mol. The highest BCUT2D eigenvalue weighted by atomic mass is 79.9. The third-order valence-corrected chi connectivity index (χ3v) is 5.67. The molecule has 6 nitrogen and oxygen atoms in total. The zero-order chi connectivity index (χ0) is 23.9. The molecule has 4 rings (SSSR count). The number of nitrogens with one attached hydrogen (secondary N) is 1. The van der Waals surface area contributed by atoms with Crippen LogP contribution in [0, 0.1) is 0 Å². The number of amides is 1. The van der Waals surface area contributed by atoms with Gasteiger partial charge in [0.25, 0.3) is 5.91 Å². The van der Waals surface area contributed by atoms with Gasteiger partial charge in [0, 0.05) is 4.47 Å². The van der Waals surface area contributed by atoms with Gasteiger partial charge >= 0.3 is 5.97 Å². The summed E-state index contributed by atoms with van der Waals surface area (Å²) < 4.78 is 11.8. The quantitative estimate of drug-likeness (QED) is 0.147. The van der Waals surface area contributed by atoms with Crippen LogP contribution in [-0.2, 0) is 4.79 Å². The molecule has 4 aromatic rings. The van der Waals surface area contributed by atoms with E-state index < -0.39 is 12.1 Å². The Hall–Kier alpha value is -3.97. The van der Waals surface area contributed by atoms with Crippen molar-refractivity contribution in [3.8, 4) is 11.5 Å². The smallest absolute Gasteiger partial charge is 0.344 e. The van der Waals surface area contributed by atoms with Gasteiger partial charge in [-0.05, 0) is 87.7 Å². The monoisotopic (exact) mass is 516 g/mol. The lowest BCUT2D eigenvalue weighted by molar-refractivity contribution is -0.127. The molecule has 170 valence electrons. The van der Waals surface area contributed by atoms with Crippen molar-refractivity contribution in [1.29, 1.82) is 0 Å². The topological polar surface area (TPSA) is 77.0 Å². The van der Waals surface area contributed by atoms with E-state index in [0.717, 1.165) is 16.3 Å². The lowest BCUT2D eigenvalue weighted by Gasteiger charge is -2.13. The highest BCUT2D eigenvalue weighted by Crippen LogP contribution is 2.22. The first kappa shape index (κ1) is 23.2. The molecule has 0 radical (unpaired) electrons. The minimum Gasteiger partial charge on any atom is -0.481 e. The molecule has 1 atom stereocenters. The first-order valence-corrected chi connectivity index (χ1v) is 11.3. The lowest BCUT2D eigenvalue weighted by Crippen LogP contribution is -2.33. The van der Waals surface area contributed by atoms with E-state index in [2.05, 4.69) is 26.5 Å². The summed E-state index contributed by atoms with van der Waals surface area (Å²) in [6.45, 7) is 1.66. The number of ether oxygens (including phenoxy) is 2. The van der Waals surface area contributed by atoms with Crippen LogP contribution in [0.1, 0.15) is 22.8 Å². The van der Waals surface area contributed by atoms with Crippen molar-refractivity contribution in [3.05, 3.63) is 107 Å². The molecule has 1 N–H and O–H groups in total. The summed E-state index contributed by atoms with van der Waals surface area (Å²) in [5.74, 6) is 0.183. The summed E-state index contributed by atoms with van der Waals surface area (Å²) >= 11 is 3.34. The molecule has 0 aromatic heterocycles. The van der Waals surface area contributed by atoms with Gasteiger partial charge in [0.1, 0.15) is 11.5 Å². The maximum Gasteiger partial charge on any atom is 0.344 e. The Morgan fingerprint density at radius 2 is 1.56 bits per heavy atom. The van der Waals surface area contributed by atoms with Crippen LogP contribution in [0.25, 0.3) is 10.8 Å². The Morgan fingerprint density at radius 3 is 2.32 bits per heavy atom.